The molecule has 0 radical (unpaired) electrons. The number of amides is 1. The molecule has 0 aromatic carbocycles. The van der Waals surface area contributed by atoms with Crippen molar-refractivity contribution in [2.75, 3.05) is 18.6 Å². The Morgan fingerprint density at radius 3 is 2.44 bits per heavy atom. The second-order valence-electron chi connectivity index (χ2n) is 6.31. The zero-order chi connectivity index (χ0) is 19.3. The zero-order valence-electron chi connectivity index (χ0n) is 15.0. The largest absolute Gasteiger partial charge is 0.461 e. The van der Waals surface area contributed by atoms with E-state index in [0.717, 1.165) is 6.26 Å². The van der Waals surface area contributed by atoms with Gasteiger partial charge in [-0.3, -0.25) is 0 Å². The van der Waals surface area contributed by atoms with Gasteiger partial charge in [0, 0.05) is 6.26 Å². The minimum Gasteiger partial charge on any atom is -0.461 e. The molecule has 142 valence electrons. The van der Waals surface area contributed by atoms with Gasteiger partial charge in [0.15, 0.2) is 5.69 Å². The lowest BCUT2D eigenvalue weighted by molar-refractivity contribution is 0.0497. The number of alkyl carbamates (subject to hydrolysis) is 1. The van der Waals surface area contributed by atoms with Crippen LogP contribution in [-0.2, 0) is 32.4 Å². The lowest BCUT2D eigenvalue weighted by Gasteiger charge is -2.19. The number of aromatic nitrogens is 3. The SMILES string of the molecule is CCOC(=O)c1nnn(CCS(C)(=O)=O)c1CNC(=O)OC(C)(C)C. The fourth-order valence-electron chi connectivity index (χ4n) is 1.77. The fourth-order valence-corrected chi connectivity index (χ4v) is 2.27. The summed E-state index contributed by atoms with van der Waals surface area (Å²) in [6.07, 6.45) is 0.410. The Morgan fingerprint density at radius 1 is 1.28 bits per heavy atom. The molecule has 10 nitrogen and oxygen atoms in total. The van der Waals surface area contributed by atoms with Crippen molar-refractivity contribution in [1.29, 1.82) is 0 Å². The molecule has 0 unspecified atom stereocenters. The summed E-state index contributed by atoms with van der Waals surface area (Å²) in [6, 6.07) is 0. The number of carbonyl (C=O) groups excluding carboxylic acids is 2. The molecule has 25 heavy (non-hydrogen) atoms. The maximum Gasteiger partial charge on any atom is 0.407 e. The Labute approximate surface area is 146 Å². The second kappa shape index (κ2) is 8.28. The number of nitrogens with one attached hydrogen (secondary N) is 1. The van der Waals surface area contributed by atoms with E-state index in [1.54, 1.807) is 27.7 Å². The van der Waals surface area contributed by atoms with Crippen LogP contribution in [0.1, 0.15) is 43.9 Å². The van der Waals surface area contributed by atoms with Crippen LogP contribution < -0.4 is 5.32 Å². The predicted molar refractivity (Wildman–Crippen MR) is 88.8 cm³/mol. The third-order valence-electron chi connectivity index (χ3n) is 2.78. The number of sulfone groups is 1. The third kappa shape index (κ3) is 7.50. The number of rotatable bonds is 7. The van der Waals surface area contributed by atoms with Gasteiger partial charge in [-0.05, 0) is 27.7 Å². The third-order valence-corrected chi connectivity index (χ3v) is 3.70. The molecule has 1 aromatic rings. The van der Waals surface area contributed by atoms with Crippen molar-refractivity contribution in [3.63, 3.8) is 0 Å². The van der Waals surface area contributed by atoms with Crippen molar-refractivity contribution >= 4 is 21.9 Å². The molecule has 1 heterocycles. The van der Waals surface area contributed by atoms with E-state index in [0.29, 0.717) is 0 Å². The van der Waals surface area contributed by atoms with Crippen molar-refractivity contribution in [3.8, 4) is 0 Å². The van der Waals surface area contributed by atoms with Crippen LogP contribution in [0.15, 0.2) is 0 Å². The van der Waals surface area contributed by atoms with Crippen molar-refractivity contribution in [1.82, 2.24) is 20.3 Å². The van der Waals surface area contributed by atoms with Crippen LogP contribution in [0.5, 0.6) is 0 Å². The molecule has 0 fully saturated rings. The van der Waals surface area contributed by atoms with E-state index >= 15 is 0 Å². The summed E-state index contributed by atoms with van der Waals surface area (Å²) in [5.74, 6) is -0.882. The number of esters is 1. The standard InChI is InChI=1S/C14H24N4O6S/c1-6-23-12(19)11-10(9-15-13(20)24-14(2,3)4)18(17-16-11)7-8-25(5,21)22/h6-9H2,1-5H3,(H,15,20). The van der Waals surface area contributed by atoms with Crippen LogP contribution in [0.3, 0.4) is 0 Å². The normalized spacial score (nSPS) is 11.9. The molecular weight excluding hydrogens is 352 g/mol. The molecule has 0 aliphatic rings. The molecule has 1 N–H and O–H groups in total. The highest BCUT2D eigenvalue weighted by atomic mass is 32.2. The number of nitrogens with zero attached hydrogens (tertiary/aromatic N) is 3. The molecule has 0 aliphatic heterocycles. The van der Waals surface area contributed by atoms with Gasteiger partial charge >= 0.3 is 12.1 Å². The van der Waals surface area contributed by atoms with Crippen LogP contribution in [-0.4, -0.2) is 59.7 Å². The molecule has 0 spiro atoms. The Kier molecular flexibility index (Phi) is 6.91. The highest BCUT2D eigenvalue weighted by Gasteiger charge is 2.23. The quantitative estimate of drug-likeness (QED) is 0.682. The molecular formula is C14H24N4O6S. The monoisotopic (exact) mass is 376 g/mol. The van der Waals surface area contributed by atoms with Crippen molar-refractivity contribution in [2.24, 2.45) is 0 Å². The van der Waals surface area contributed by atoms with Crippen molar-refractivity contribution in [3.05, 3.63) is 11.4 Å². The first-order chi connectivity index (χ1) is 11.4. The lowest BCUT2D eigenvalue weighted by atomic mass is 10.2. The molecule has 0 bridgehead atoms. The summed E-state index contributed by atoms with van der Waals surface area (Å²) in [4.78, 5) is 23.7. The summed E-state index contributed by atoms with van der Waals surface area (Å²) in [5, 5.41) is 10.0. The number of hydrogen-bond acceptors (Lipinski definition) is 8. The van der Waals surface area contributed by atoms with Crippen LogP contribution in [0.25, 0.3) is 0 Å². The summed E-state index contributed by atoms with van der Waals surface area (Å²) >= 11 is 0. The molecule has 0 saturated carbocycles. The summed E-state index contributed by atoms with van der Waals surface area (Å²) in [6.45, 7) is 6.83. The average molecular weight is 376 g/mol. The molecule has 1 aromatic heterocycles. The summed E-state index contributed by atoms with van der Waals surface area (Å²) in [5.41, 5.74) is -0.512. The lowest BCUT2D eigenvalue weighted by Crippen LogP contribution is -2.33. The van der Waals surface area contributed by atoms with Gasteiger partial charge in [-0.1, -0.05) is 5.21 Å². The van der Waals surface area contributed by atoms with Crippen molar-refractivity contribution in [2.45, 2.75) is 46.4 Å². The van der Waals surface area contributed by atoms with Gasteiger partial charge in [0.1, 0.15) is 15.4 Å². The molecule has 11 heteroatoms. The maximum absolute atomic E-state index is 12.0. The number of aryl methyl sites for hydroxylation is 1. The second-order valence-corrected chi connectivity index (χ2v) is 8.57. The first-order valence-electron chi connectivity index (χ1n) is 7.67. The Bertz CT molecular complexity index is 720. The highest BCUT2D eigenvalue weighted by Crippen LogP contribution is 2.10. The topological polar surface area (TPSA) is 129 Å². The average Bonchev–Trinajstić information content (AvgIpc) is 2.83. The molecule has 0 saturated heterocycles. The van der Waals surface area contributed by atoms with Gasteiger partial charge in [-0.2, -0.15) is 0 Å². The fraction of sp³-hybridized carbons (Fsp3) is 0.714. The Balaban J connectivity index is 2.96. The summed E-state index contributed by atoms with van der Waals surface area (Å²) < 4.78 is 34.0. The number of carbonyl (C=O) groups is 2. The highest BCUT2D eigenvalue weighted by molar-refractivity contribution is 7.90. The van der Waals surface area contributed by atoms with Crippen LogP contribution >= 0.6 is 0 Å². The van der Waals surface area contributed by atoms with E-state index in [4.69, 9.17) is 9.47 Å². The van der Waals surface area contributed by atoms with Gasteiger partial charge in [-0.15, -0.1) is 5.10 Å². The molecule has 1 amide bonds. The molecule has 0 aliphatic carbocycles. The maximum atomic E-state index is 12.0. The minimum atomic E-state index is -3.23. The smallest absolute Gasteiger partial charge is 0.407 e. The number of hydrogen-bond donors (Lipinski definition) is 1. The van der Waals surface area contributed by atoms with Gasteiger partial charge in [-0.25, -0.2) is 22.7 Å². The molecule has 0 atom stereocenters. The predicted octanol–water partition coefficient (Wildman–Crippen LogP) is 0.524. The van der Waals surface area contributed by atoms with Gasteiger partial charge in [0.2, 0.25) is 0 Å². The van der Waals surface area contributed by atoms with E-state index in [1.807, 2.05) is 0 Å². The number of ether oxygens (including phenoxy) is 2. The summed E-state index contributed by atoms with van der Waals surface area (Å²) in [7, 11) is -3.23. The van der Waals surface area contributed by atoms with Crippen LogP contribution in [0.2, 0.25) is 0 Å². The minimum absolute atomic E-state index is 0.00340. The zero-order valence-corrected chi connectivity index (χ0v) is 15.8. The van der Waals surface area contributed by atoms with Gasteiger partial charge in [0.05, 0.1) is 31.1 Å². The van der Waals surface area contributed by atoms with Gasteiger partial charge < -0.3 is 14.8 Å². The van der Waals surface area contributed by atoms with Crippen LogP contribution in [0.4, 0.5) is 4.79 Å². The van der Waals surface area contributed by atoms with E-state index in [1.165, 1.54) is 4.68 Å². The van der Waals surface area contributed by atoms with Gasteiger partial charge in [0.25, 0.3) is 0 Å². The van der Waals surface area contributed by atoms with Crippen LogP contribution in [0, 0.1) is 0 Å². The Hall–Kier alpha value is -2.17. The van der Waals surface area contributed by atoms with E-state index in [-0.39, 0.29) is 36.8 Å². The Morgan fingerprint density at radius 2 is 1.92 bits per heavy atom. The first kappa shape index (κ1) is 20.9. The first-order valence-corrected chi connectivity index (χ1v) is 9.73. The van der Waals surface area contributed by atoms with Crippen molar-refractivity contribution < 1.29 is 27.5 Å². The van der Waals surface area contributed by atoms with E-state index in [2.05, 4.69) is 15.6 Å². The van der Waals surface area contributed by atoms with E-state index in [9.17, 15) is 18.0 Å². The molecule has 1 rings (SSSR count). The van der Waals surface area contributed by atoms with E-state index < -0.39 is 27.5 Å².